The number of alkyl halides is 2. The first kappa shape index (κ1) is 11.8. The molecule has 0 aromatic carbocycles. The lowest BCUT2D eigenvalue weighted by atomic mass is 10.2. The Morgan fingerprint density at radius 3 is 2.60 bits per heavy atom. The summed E-state index contributed by atoms with van der Waals surface area (Å²) >= 11 is 5.16. The Kier molecular flexibility index (Phi) is 3.57. The smallest absolute Gasteiger partial charge is 0.270 e. The Hall–Kier alpha value is -1.23. The fourth-order valence-corrected chi connectivity index (χ4v) is 1.31. The normalized spacial score (nSPS) is 10.5. The molecule has 0 bridgehead atoms. The molecule has 0 saturated heterocycles. The lowest BCUT2D eigenvalue weighted by Gasteiger charge is -2.10. The van der Waals surface area contributed by atoms with Crippen LogP contribution in [-0.2, 0) is 0 Å². The highest BCUT2D eigenvalue weighted by atomic mass is 35.5. The van der Waals surface area contributed by atoms with Crippen molar-refractivity contribution in [2.24, 2.45) is 0 Å². The first-order valence-electron chi connectivity index (χ1n) is 4.01. The largest absolute Gasteiger partial charge is 0.494 e. The van der Waals surface area contributed by atoms with Gasteiger partial charge >= 0.3 is 0 Å². The molecule has 15 heavy (non-hydrogen) atoms. The average molecular weight is 236 g/mol. The summed E-state index contributed by atoms with van der Waals surface area (Å²) in [7, 11) is 1.26. The molecule has 0 saturated carbocycles. The minimum atomic E-state index is -2.74. The third kappa shape index (κ3) is 2.41. The van der Waals surface area contributed by atoms with Gasteiger partial charge in [0.2, 0.25) is 0 Å². The molecule has 6 heteroatoms. The van der Waals surface area contributed by atoms with Crippen molar-refractivity contribution in [3.63, 3.8) is 0 Å². The predicted octanol–water partition coefficient (Wildman–Crippen LogP) is 2.72. The summed E-state index contributed by atoms with van der Waals surface area (Å²) in [5.74, 6) is -0.0216. The van der Waals surface area contributed by atoms with Crippen molar-refractivity contribution in [1.82, 2.24) is 4.98 Å². The van der Waals surface area contributed by atoms with Crippen molar-refractivity contribution >= 4 is 16.8 Å². The van der Waals surface area contributed by atoms with Crippen LogP contribution in [0.15, 0.2) is 6.07 Å². The van der Waals surface area contributed by atoms with Crippen LogP contribution in [0.4, 0.5) is 8.78 Å². The van der Waals surface area contributed by atoms with Crippen molar-refractivity contribution in [2.75, 3.05) is 7.11 Å². The molecular weight excluding hydrogens is 228 g/mol. The van der Waals surface area contributed by atoms with Gasteiger partial charge < -0.3 is 4.74 Å². The van der Waals surface area contributed by atoms with Crippen molar-refractivity contribution in [1.29, 1.82) is 0 Å². The zero-order valence-electron chi connectivity index (χ0n) is 8.05. The highest BCUT2D eigenvalue weighted by molar-refractivity contribution is 6.67. The number of aromatic nitrogens is 1. The van der Waals surface area contributed by atoms with E-state index in [-0.39, 0.29) is 22.7 Å². The first-order valence-corrected chi connectivity index (χ1v) is 4.38. The minimum absolute atomic E-state index is 0.0216. The molecule has 3 nitrogen and oxygen atoms in total. The quantitative estimate of drug-likeness (QED) is 0.756. The third-order valence-corrected chi connectivity index (χ3v) is 2.01. The Morgan fingerprint density at radius 2 is 2.20 bits per heavy atom. The maximum absolute atomic E-state index is 12.6. The van der Waals surface area contributed by atoms with Gasteiger partial charge in [-0.25, -0.2) is 13.8 Å². The number of carbonyl (C=O) groups excluding carboxylic acids is 1. The van der Waals surface area contributed by atoms with E-state index in [9.17, 15) is 13.6 Å². The van der Waals surface area contributed by atoms with Crippen LogP contribution >= 0.6 is 11.6 Å². The van der Waals surface area contributed by atoms with Crippen LogP contribution in [0.25, 0.3) is 0 Å². The number of halogens is 3. The molecule has 0 N–H and O–H groups in total. The van der Waals surface area contributed by atoms with Crippen LogP contribution in [0, 0.1) is 6.92 Å². The van der Waals surface area contributed by atoms with Gasteiger partial charge in [0.15, 0.2) is 0 Å². The molecule has 0 aliphatic heterocycles. The molecule has 0 aliphatic rings. The minimum Gasteiger partial charge on any atom is -0.494 e. The number of hydrogen-bond acceptors (Lipinski definition) is 3. The van der Waals surface area contributed by atoms with Crippen molar-refractivity contribution < 1.29 is 18.3 Å². The second-order valence-corrected chi connectivity index (χ2v) is 3.13. The SMILES string of the molecule is COc1c(C(F)F)cc(C(=O)Cl)nc1C. The monoisotopic (exact) mass is 235 g/mol. The highest BCUT2D eigenvalue weighted by Gasteiger charge is 2.19. The summed E-state index contributed by atoms with van der Waals surface area (Å²) in [6.45, 7) is 1.47. The molecule has 0 amide bonds. The number of carbonyl (C=O) groups is 1. The van der Waals surface area contributed by atoms with Gasteiger partial charge in [0.1, 0.15) is 11.4 Å². The van der Waals surface area contributed by atoms with E-state index < -0.39 is 11.7 Å². The van der Waals surface area contributed by atoms with E-state index in [0.29, 0.717) is 0 Å². The predicted molar refractivity (Wildman–Crippen MR) is 50.7 cm³/mol. The van der Waals surface area contributed by atoms with Gasteiger partial charge in [-0.2, -0.15) is 0 Å². The molecule has 0 atom stereocenters. The zero-order chi connectivity index (χ0) is 11.6. The van der Waals surface area contributed by atoms with Crippen LogP contribution in [-0.4, -0.2) is 17.3 Å². The van der Waals surface area contributed by atoms with Crippen LogP contribution in [0.5, 0.6) is 5.75 Å². The fourth-order valence-electron chi connectivity index (χ4n) is 1.21. The lowest BCUT2D eigenvalue weighted by Crippen LogP contribution is -2.03. The molecule has 0 unspecified atom stereocenters. The summed E-state index contributed by atoms with van der Waals surface area (Å²) in [6, 6.07) is 0.936. The summed E-state index contributed by atoms with van der Waals surface area (Å²) < 4.78 is 29.9. The van der Waals surface area contributed by atoms with Crippen LogP contribution in [0.3, 0.4) is 0 Å². The third-order valence-electron chi connectivity index (χ3n) is 1.81. The van der Waals surface area contributed by atoms with Gasteiger partial charge in [0, 0.05) is 0 Å². The summed E-state index contributed by atoms with van der Waals surface area (Å²) in [4.78, 5) is 14.5. The van der Waals surface area contributed by atoms with Gasteiger partial charge in [-0.05, 0) is 24.6 Å². The Bertz CT molecular complexity index is 396. The summed E-state index contributed by atoms with van der Waals surface area (Å²) in [5, 5.41) is -0.873. The molecule has 0 fully saturated rings. The van der Waals surface area contributed by atoms with Crippen molar-refractivity contribution in [3.05, 3.63) is 23.0 Å². The molecule has 0 spiro atoms. The molecule has 1 aromatic rings. The topological polar surface area (TPSA) is 39.2 Å². The van der Waals surface area contributed by atoms with Gasteiger partial charge in [-0.1, -0.05) is 0 Å². The number of pyridine rings is 1. The summed E-state index contributed by atoms with van der Waals surface area (Å²) in [6.07, 6.45) is -2.74. The van der Waals surface area contributed by atoms with Crippen LogP contribution in [0.1, 0.15) is 28.2 Å². The number of hydrogen-bond donors (Lipinski definition) is 0. The number of nitrogens with zero attached hydrogens (tertiary/aromatic N) is 1. The second-order valence-electron chi connectivity index (χ2n) is 2.79. The molecular formula is C9H8ClF2NO2. The van der Waals surface area contributed by atoms with E-state index in [1.807, 2.05) is 0 Å². The van der Waals surface area contributed by atoms with Gasteiger partial charge in [-0.3, -0.25) is 4.79 Å². The maximum atomic E-state index is 12.6. The molecule has 0 radical (unpaired) electrons. The fraction of sp³-hybridized carbons (Fsp3) is 0.333. The van der Waals surface area contributed by atoms with E-state index in [0.717, 1.165) is 6.07 Å². The van der Waals surface area contributed by atoms with Crippen LogP contribution < -0.4 is 4.74 Å². The number of methoxy groups -OCH3 is 1. The van der Waals surface area contributed by atoms with Gasteiger partial charge in [0.25, 0.3) is 11.7 Å². The zero-order valence-corrected chi connectivity index (χ0v) is 8.81. The number of aryl methyl sites for hydroxylation is 1. The number of rotatable bonds is 3. The molecule has 0 aliphatic carbocycles. The van der Waals surface area contributed by atoms with E-state index in [2.05, 4.69) is 4.98 Å². The van der Waals surface area contributed by atoms with E-state index in [4.69, 9.17) is 16.3 Å². The average Bonchev–Trinajstić information content (AvgIpc) is 2.16. The maximum Gasteiger partial charge on any atom is 0.270 e. The standard InChI is InChI=1S/C9H8ClF2NO2/c1-4-7(15-2)5(9(11)12)3-6(13-4)8(10)14/h3,9H,1-2H3. The van der Waals surface area contributed by atoms with Gasteiger partial charge in [0.05, 0.1) is 18.4 Å². The van der Waals surface area contributed by atoms with Crippen molar-refractivity contribution in [3.8, 4) is 5.75 Å². The van der Waals surface area contributed by atoms with E-state index >= 15 is 0 Å². The molecule has 1 heterocycles. The Labute approximate surface area is 90.0 Å². The summed E-state index contributed by atoms with van der Waals surface area (Å²) in [5.41, 5.74) is -0.376. The van der Waals surface area contributed by atoms with Gasteiger partial charge in [-0.15, -0.1) is 0 Å². The Balaban J connectivity index is 3.38. The first-order chi connectivity index (χ1) is 6.97. The molecule has 1 aromatic heterocycles. The van der Waals surface area contributed by atoms with E-state index in [1.165, 1.54) is 14.0 Å². The second kappa shape index (κ2) is 4.53. The number of ether oxygens (including phenoxy) is 1. The highest BCUT2D eigenvalue weighted by Crippen LogP contribution is 2.31. The Morgan fingerprint density at radius 1 is 1.60 bits per heavy atom. The molecule has 1 rings (SSSR count). The van der Waals surface area contributed by atoms with Crippen LogP contribution in [0.2, 0.25) is 0 Å². The molecule has 82 valence electrons. The van der Waals surface area contributed by atoms with Crippen molar-refractivity contribution in [2.45, 2.75) is 13.3 Å². The lowest BCUT2D eigenvalue weighted by molar-refractivity contribution is 0.107. The van der Waals surface area contributed by atoms with E-state index in [1.54, 1.807) is 0 Å².